The van der Waals surface area contributed by atoms with Gasteiger partial charge < -0.3 is 9.84 Å². The van der Waals surface area contributed by atoms with Crippen molar-refractivity contribution in [2.24, 2.45) is 0 Å². The second kappa shape index (κ2) is 7.09. The Morgan fingerprint density at radius 1 is 1.19 bits per heavy atom. The number of benzene rings is 2. The van der Waals surface area contributed by atoms with Gasteiger partial charge in [0.25, 0.3) is 0 Å². The van der Waals surface area contributed by atoms with E-state index in [1.807, 2.05) is 6.07 Å². The first kappa shape index (κ1) is 14.6. The lowest BCUT2D eigenvalue weighted by molar-refractivity contribution is 0.305. The Hall–Kier alpha value is -2.82. The van der Waals surface area contributed by atoms with E-state index in [1.165, 1.54) is 18.2 Å². The highest BCUT2D eigenvalue weighted by atomic mass is 19.1. The van der Waals surface area contributed by atoms with Gasteiger partial charge in [-0.1, -0.05) is 24.0 Å². The number of rotatable bonds is 3. The fourth-order valence-electron chi connectivity index (χ4n) is 1.75. The van der Waals surface area contributed by atoms with Crippen LogP contribution in [0.3, 0.4) is 0 Å². The minimum Gasteiger partial charge on any atom is -0.488 e. The summed E-state index contributed by atoms with van der Waals surface area (Å²) in [5.74, 6) is 5.12. The average Bonchev–Trinajstić information content (AvgIpc) is 2.52. The van der Waals surface area contributed by atoms with E-state index in [2.05, 4.69) is 17.9 Å². The Kier molecular flexibility index (Phi) is 4.93. The maximum atomic E-state index is 13.2. The first-order valence-electron chi connectivity index (χ1n) is 6.24. The highest BCUT2D eigenvalue weighted by molar-refractivity contribution is 5.46. The standard InChI is InChI=1S/C17H12FNO2/c18-16-6-7-17(15(10-16)5-2-8-20)21-12-14-4-1-3-13(9-14)11-19/h1,3-4,6-7,9-10,20H,8,12H2. The van der Waals surface area contributed by atoms with Crippen molar-refractivity contribution in [3.05, 3.63) is 65.0 Å². The number of halogens is 1. The molecular formula is C17H12FNO2. The van der Waals surface area contributed by atoms with Gasteiger partial charge in [-0.05, 0) is 35.9 Å². The van der Waals surface area contributed by atoms with E-state index >= 15 is 0 Å². The van der Waals surface area contributed by atoms with Crippen molar-refractivity contribution >= 4 is 0 Å². The Balaban J connectivity index is 2.18. The molecule has 104 valence electrons. The van der Waals surface area contributed by atoms with E-state index in [-0.39, 0.29) is 13.2 Å². The minimum atomic E-state index is -0.420. The molecule has 0 unspecified atom stereocenters. The lowest BCUT2D eigenvalue weighted by atomic mass is 10.1. The van der Waals surface area contributed by atoms with Gasteiger partial charge in [0.15, 0.2) is 0 Å². The molecule has 2 aromatic rings. The Labute approximate surface area is 122 Å². The minimum absolute atomic E-state index is 0.245. The van der Waals surface area contributed by atoms with E-state index in [0.717, 1.165) is 5.56 Å². The molecule has 0 aromatic heterocycles. The second-order valence-electron chi connectivity index (χ2n) is 4.20. The summed E-state index contributed by atoms with van der Waals surface area (Å²) >= 11 is 0. The molecule has 0 heterocycles. The van der Waals surface area contributed by atoms with Gasteiger partial charge in [0.1, 0.15) is 24.8 Å². The number of aliphatic hydroxyl groups is 1. The van der Waals surface area contributed by atoms with E-state index < -0.39 is 5.82 Å². The van der Waals surface area contributed by atoms with Crippen LogP contribution in [0.4, 0.5) is 4.39 Å². The number of aliphatic hydroxyl groups excluding tert-OH is 1. The van der Waals surface area contributed by atoms with E-state index in [0.29, 0.717) is 16.9 Å². The number of nitrogens with zero attached hydrogens (tertiary/aromatic N) is 1. The van der Waals surface area contributed by atoms with Crippen LogP contribution in [-0.2, 0) is 6.61 Å². The first-order valence-corrected chi connectivity index (χ1v) is 6.24. The summed E-state index contributed by atoms with van der Waals surface area (Å²) < 4.78 is 18.8. The van der Waals surface area contributed by atoms with Gasteiger partial charge in [-0.15, -0.1) is 0 Å². The molecule has 0 amide bonds. The largest absolute Gasteiger partial charge is 0.488 e. The van der Waals surface area contributed by atoms with Crippen LogP contribution in [0.25, 0.3) is 0 Å². The lowest BCUT2D eigenvalue weighted by Crippen LogP contribution is -1.98. The molecule has 0 aliphatic carbocycles. The molecule has 2 aromatic carbocycles. The van der Waals surface area contributed by atoms with Crippen molar-refractivity contribution in [1.29, 1.82) is 5.26 Å². The lowest BCUT2D eigenvalue weighted by Gasteiger charge is -2.08. The topological polar surface area (TPSA) is 53.2 Å². The van der Waals surface area contributed by atoms with Crippen molar-refractivity contribution in [2.75, 3.05) is 6.61 Å². The fourth-order valence-corrected chi connectivity index (χ4v) is 1.75. The summed E-state index contributed by atoms with van der Waals surface area (Å²) in [5, 5.41) is 17.6. The monoisotopic (exact) mass is 281 g/mol. The molecule has 0 spiro atoms. The zero-order chi connectivity index (χ0) is 15.1. The molecule has 4 heteroatoms. The number of ether oxygens (including phenoxy) is 1. The molecule has 1 N–H and O–H groups in total. The van der Waals surface area contributed by atoms with Crippen LogP contribution in [0.5, 0.6) is 5.75 Å². The zero-order valence-electron chi connectivity index (χ0n) is 11.1. The summed E-state index contributed by atoms with van der Waals surface area (Å²) in [5.41, 5.74) is 1.76. The van der Waals surface area contributed by atoms with Crippen molar-refractivity contribution in [3.63, 3.8) is 0 Å². The molecule has 0 aliphatic rings. The van der Waals surface area contributed by atoms with Gasteiger partial charge in [0, 0.05) is 0 Å². The third kappa shape index (κ3) is 4.07. The third-order valence-corrected chi connectivity index (χ3v) is 2.69. The van der Waals surface area contributed by atoms with Crippen molar-refractivity contribution in [2.45, 2.75) is 6.61 Å². The first-order chi connectivity index (χ1) is 10.2. The number of hydrogen-bond donors (Lipinski definition) is 1. The van der Waals surface area contributed by atoms with E-state index in [4.69, 9.17) is 15.1 Å². The maximum Gasteiger partial charge on any atom is 0.135 e. The molecule has 3 nitrogen and oxygen atoms in total. The van der Waals surface area contributed by atoms with Crippen LogP contribution in [0.15, 0.2) is 42.5 Å². The average molecular weight is 281 g/mol. The van der Waals surface area contributed by atoms with Crippen molar-refractivity contribution in [1.82, 2.24) is 0 Å². The van der Waals surface area contributed by atoms with Crippen LogP contribution in [0.2, 0.25) is 0 Å². The van der Waals surface area contributed by atoms with Gasteiger partial charge in [0.05, 0.1) is 17.2 Å². The van der Waals surface area contributed by atoms with Gasteiger partial charge in [-0.25, -0.2) is 4.39 Å². The molecular weight excluding hydrogens is 269 g/mol. The summed E-state index contributed by atoms with van der Waals surface area (Å²) in [6.07, 6.45) is 0. The molecule has 21 heavy (non-hydrogen) atoms. The van der Waals surface area contributed by atoms with Gasteiger partial charge in [-0.3, -0.25) is 0 Å². The Morgan fingerprint density at radius 2 is 2.05 bits per heavy atom. The molecule has 0 radical (unpaired) electrons. The smallest absolute Gasteiger partial charge is 0.135 e. The van der Waals surface area contributed by atoms with Crippen LogP contribution in [0, 0.1) is 29.0 Å². The summed E-state index contributed by atoms with van der Waals surface area (Å²) in [7, 11) is 0. The quantitative estimate of drug-likeness (QED) is 0.880. The van der Waals surface area contributed by atoms with Crippen LogP contribution in [0.1, 0.15) is 16.7 Å². The second-order valence-corrected chi connectivity index (χ2v) is 4.20. The summed E-state index contributed by atoms with van der Waals surface area (Å²) in [6, 6.07) is 13.1. The van der Waals surface area contributed by atoms with Gasteiger partial charge in [-0.2, -0.15) is 5.26 Å². The molecule has 0 atom stereocenters. The Bertz CT molecular complexity index is 738. The SMILES string of the molecule is N#Cc1cccc(COc2ccc(F)cc2C#CCO)c1. The third-order valence-electron chi connectivity index (χ3n) is 2.69. The van der Waals surface area contributed by atoms with E-state index in [1.54, 1.807) is 18.2 Å². The molecule has 0 bridgehead atoms. The predicted molar refractivity (Wildman–Crippen MR) is 75.9 cm³/mol. The van der Waals surface area contributed by atoms with Crippen LogP contribution >= 0.6 is 0 Å². The van der Waals surface area contributed by atoms with Gasteiger partial charge >= 0.3 is 0 Å². The summed E-state index contributed by atoms with van der Waals surface area (Å²) in [4.78, 5) is 0. The van der Waals surface area contributed by atoms with E-state index in [9.17, 15) is 4.39 Å². The highest BCUT2D eigenvalue weighted by Crippen LogP contribution is 2.20. The van der Waals surface area contributed by atoms with Crippen molar-refractivity contribution in [3.8, 4) is 23.7 Å². The molecule has 2 rings (SSSR count). The van der Waals surface area contributed by atoms with Gasteiger partial charge in [0.2, 0.25) is 0 Å². The molecule has 0 saturated heterocycles. The highest BCUT2D eigenvalue weighted by Gasteiger charge is 2.04. The van der Waals surface area contributed by atoms with Crippen LogP contribution in [-0.4, -0.2) is 11.7 Å². The predicted octanol–water partition coefficient (Wildman–Crippen LogP) is 2.62. The molecule has 0 saturated carbocycles. The zero-order valence-corrected chi connectivity index (χ0v) is 11.1. The van der Waals surface area contributed by atoms with Crippen LogP contribution < -0.4 is 4.74 Å². The maximum absolute atomic E-state index is 13.2. The fraction of sp³-hybridized carbons (Fsp3) is 0.118. The normalized spacial score (nSPS) is 9.38. The number of nitriles is 1. The van der Waals surface area contributed by atoms with Crippen molar-refractivity contribution < 1.29 is 14.2 Å². The number of hydrogen-bond acceptors (Lipinski definition) is 3. The molecule has 0 fully saturated rings. The summed E-state index contributed by atoms with van der Waals surface area (Å²) in [6.45, 7) is -0.0604. The molecule has 0 aliphatic heterocycles. The Morgan fingerprint density at radius 3 is 2.81 bits per heavy atom.